The Labute approximate surface area is 114 Å². The van der Waals surface area contributed by atoms with E-state index in [1.807, 2.05) is 13.8 Å². The Morgan fingerprint density at radius 3 is 2.53 bits per heavy atom. The maximum Gasteiger partial charge on any atom is 0.404 e. The zero-order valence-corrected chi connectivity index (χ0v) is 11.9. The van der Waals surface area contributed by atoms with Crippen LogP contribution < -0.4 is 5.73 Å². The number of hydrogen-bond donors (Lipinski definition) is 1. The van der Waals surface area contributed by atoms with Gasteiger partial charge in [0.1, 0.15) is 11.9 Å². The van der Waals surface area contributed by atoms with E-state index in [4.69, 9.17) is 10.5 Å². The Bertz CT molecular complexity index is 418. The molecule has 2 aliphatic carbocycles. The summed E-state index contributed by atoms with van der Waals surface area (Å²) in [5.74, 6) is 0.880. The Balaban J connectivity index is 2.38. The number of nitrogens with two attached hydrogens (primary N) is 1. The highest BCUT2D eigenvalue weighted by atomic mass is 16.6. The van der Waals surface area contributed by atoms with E-state index in [0.29, 0.717) is 5.92 Å². The van der Waals surface area contributed by atoms with E-state index in [9.17, 15) is 9.59 Å². The number of primary amides is 1. The molecule has 0 aliphatic heterocycles. The fraction of sp³-hybridized carbons (Fsp3) is 0.733. The van der Waals surface area contributed by atoms with Gasteiger partial charge in [-0.05, 0) is 37.5 Å². The van der Waals surface area contributed by atoms with Gasteiger partial charge in [-0.25, -0.2) is 4.79 Å². The van der Waals surface area contributed by atoms with Gasteiger partial charge in [0.15, 0.2) is 0 Å². The van der Waals surface area contributed by atoms with Crippen molar-refractivity contribution in [3.8, 4) is 0 Å². The van der Waals surface area contributed by atoms with Crippen LogP contribution in [0.2, 0.25) is 0 Å². The van der Waals surface area contributed by atoms with Gasteiger partial charge >= 0.3 is 6.09 Å². The number of ether oxygens (including phenoxy) is 1. The summed E-state index contributed by atoms with van der Waals surface area (Å²) in [7, 11) is 0. The first-order valence-electron chi connectivity index (χ1n) is 7.07. The lowest BCUT2D eigenvalue weighted by Gasteiger charge is -2.42. The molecule has 0 saturated heterocycles. The topological polar surface area (TPSA) is 69.4 Å². The molecule has 1 amide bonds. The molecule has 2 rings (SSSR count). The zero-order valence-electron chi connectivity index (χ0n) is 11.9. The van der Waals surface area contributed by atoms with Gasteiger partial charge in [0.2, 0.25) is 0 Å². The van der Waals surface area contributed by atoms with Crippen LogP contribution in [0.25, 0.3) is 0 Å². The maximum atomic E-state index is 12.3. The molecular weight excluding hydrogens is 242 g/mol. The van der Waals surface area contributed by atoms with Gasteiger partial charge in [-0.15, -0.1) is 0 Å². The fourth-order valence-corrected chi connectivity index (χ4v) is 3.89. The summed E-state index contributed by atoms with van der Waals surface area (Å²) in [6, 6.07) is 0. The van der Waals surface area contributed by atoms with Crippen LogP contribution in [0.4, 0.5) is 4.79 Å². The van der Waals surface area contributed by atoms with E-state index in [1.165, 1.54) is 0 Å². The molecule has 106 valence electrons. The number of amides is 1. The second-order valence-corrected chi connectivity index (χ2v) is 6.03. The monoisotopic (exact) mass is 265 g/mol. The van der Waals surface area contributed by atoms with Crippen molar-refractivity contribution in [2.75, 3.05) is 0 Å². The molecule has 0 heterocycles. The summed E-state index contributed by atoms with van der Waals surface area (Å²) < 4.78 is 5.39. The van der Waals surface area contributed by atoms with Crippen molar-refractivity contribution in [1.29, 1.82) is 0 Å². The fourth-order valence-electron chi connectivity index (χ4n) is 3.89. The van der Waals surface area contributed by atoms with E-state index in [-0.39, 0.29) is 17.6 Å². The molecule has 2 aliphatic rings. The molecule has 0 aromatic carbocycles. The summed E-state index contributed by atoms with van der Waals surface area (Å²) in [5.41, 5.74) is 4.65. The normalized spacial score (nSPS) is 35.1. The molecular formula is C15H23NO3. The first-order valence-corrected chi connectivity index (χ1v) is 7.07. The summed E-state index contributed by atoms with van der Waals surface area (Å²) >= 11 is 0. The number of allylic oxidation sites excluding steroid dienone is 2. The van der Waals surface area contributed by atoms with Crippen LogP contribution in [0.3, 0.4) is 0 Å². The van der Waals surface area contributed by atoms with E-state index in [1.54, 1.807) is 6.92 Å². The highest BCUT2D eigenvalue weighted by Gasteiger charge is 2.58. The van der Waals surface area contributed by atoms with Gasteiger partial charge < -0.3 is 10.5 Å². The van der Waals surface area contributed by atoms with Gasteiger partial charge in [0.05, 0.1) is 5.41 Å². The van der Waals surface area contributed by atoms with Gasteiger partial charge in [0.25, 0.3) is 0 Å². The van der Waals surface area contributed by atoms with Crippen molar-refractivity contribution in [2.24, 2.45) is 28.9 Å². The highest BCUT2D eigenvalue weighted by molar-refractivity contribution is 5.85. The summed E-state index contributed by atoms with van der Waals surface area (Å²) in [6.07, 6.45) is 5.75. The van der Waals surface area contributed by atoms with Crippen molar-refractivity contribution in [3.05, 3.63) is 12.2 Å². The van der Waals surface area contributed by atoms with Crippen LogP contribution in [0.1, 0.15) is 40.0 Å². The third-order valence-electron chi connectivity index (χ3n) is 5.00. The predicted octanol–water partition coefficient (Wildman–Crippen LogP) is 2.67. The van der Waals surface area contributed by atoms with Crippen molar-refractivity contribution >= 4 is 11.9 Å². The van der Waals surface area contributed by atoms with Crippen molar-refractivity contribution in [1.82, 2.24) is 0 Å². The number of fused-ring (bicyclic) bond motifs is 2. The maximum absolute atomic E-state index is 12.3. The third kappa shape index (κ3) is 2.17. The van der Waals surface area contributed by atoms with Crippen LogP contribution in [0.5, 0.6) is 0 Å². The first kappa shape index (κ1) is 14.1. The number of Topliss-reactive ketones (excluding diaryl/α,β-unsaturated/α-hetero) is 1. The smallest absolute Gasteiger partial charge is 0.404 e. The van der Waals surface area contributed by atoms with Crippen molar-refractivity contribution in [3.63, 3.8) is 0 Å². The van der Waals surface area contributed by atoms with Crippen LogP contribution >= 0.6 is 0 Å². The summed E-state index contributed by atoms with van der Waals surface area (Å²) in [6.45, 7) is 5.68. The molecule has 2 N–H and O–H groups in total. The van der Waals surface area contributed by atoms with Crippen LogP contribution in [0.15, 0.2) is 12.2 Å². The summed E-state index contributed by atoms with van der Waals surface area (Å²) in [4.78, 5) is 23.6. The molecule has 5 atom stereocenters. The van der Waals surface area contributed by atoms with Gasteiger partial charge in [-0.1, -0.05) is 32.4 Å². The molecule has 1 fully saturated rings. The standard InChI is InChI=1S/C15H23NO3/c1-4-9(2)13(19-14(16)18)15(10(3)17)8-11-5-6-12(15)7-11/h5-6,9,11-13H,4,7-8H2,1-3H3,(H2,16,18)/t9?,11-,12+,13?,15+/m1/s1. The van der Waals surface area contributed by atoms with Crippen molar-refractivity contribution in [2.45, 2.75) is 46.1 Å². The van der Waals surface area contributed by atoms with Crippen LogP contribution in [-0.2, 0) is 9.53 Å². The zero-order chi connectivity index (χ0) is 14.2. The van der Waals surface area contributed by atoms with E-state index in [0.717, 1.165) is 19.3 Å². The lowest BCUT2D eigenvalue weighted by Crippen LogP contribution is -2.50. The molecule has 0 spiro atoms. The third-order valence-corrected chi connectivity index (χ3v) is 5.00. The van der Waals surface area contributed by atoms with E-state index < -0.39 is 17.6 Å². The predicted molar refractivity (Wildman–Crippen MR) is 72.4 cm³/mol. The molecule has 0 aromatic rings. The number of hydrogen-bond acceptors (Lipinski definition) is 3. The lowest BCUT2D eigenvalue weighted by atomic mass is 9.65. The van der Waals surface area contributed by atoms with Gasteiger partial charge in [-0.3, -0.25) is 4.79 Å². The van der Waals surface area contributed by atoms with Crippen LogP contribution in [-0.4, -0.2) is 18.0 Å². The molecule has 0 aromatic heterocycles. The Kier molecular flexibility index (Phi) is 3.70. The average Bonchev–Trinajstić information content (AvgIpc) is 2.95. The van der Waals surface area contributed by atoms with Gasteiger partial charge in [-0.2, -0.15) is 0 Å². The lowest BCUT2D eigenvalue weighted by molar-refractivity contribution is -0.139. The van der Waals surface area contributed by atoms with E-state index >= 15 is 0 Å². The second-order valence-electron chi connectivity index (χ2n) is 6.03. The Morgan fingerprint density at radius 2 is 2.16 bits per heavy atom. The molecule has 2 bridgehead atoms. The largest absolute Gasteiger partial charge is 0.445 e. The Morgan fingerprint density at radius 1 is 1.47 bits per heavy atom. The quantitative estimate of drug-likeness (QED) is 0.777. The Hall–Kier alpha value is -1.32. The van der Waals surface area contributed by atoms with Crippen LogP contribution in [0, 0.1) is 23.2 Å². The summed E-state index contributed by atoms with van der Waals surface area (Å²) in [5, 5.41) is 0. The minimum absolute atomic E-state index is 0.121. The SMILES string of the molecule is CCC(C)C(OC(N)=O)[C@]1(C(C)=O)C[C@@H]2C=C[C@H]1C2. The van der Waals surface area contributed by atoms with Gasteiger partial charge in [0, 0.05) is 0 Å². The molecule has 4 heteroatoms. The highest BCUT2D eigenvalue weighted by Crippen LogP contribution is 2.56. The molecule has 0 radical (unpaired) electrons. The molecule has 1 saturated carbocycles. The average molecular weight is 265 g/mol. The minimum Gasteiger partial charge on any atom is -0.445 e. The number of ketones is 1. The number of rotatable bonds is 5. The molecule has 2 unspecified atom stereocenters. The second kappa shape index (κ2) is 4.99. The first-order chi connectivity index (χ1) is 8.91. The number of carbonyl (C=O) groups is 2. The molecule has 19 heavy (non-hydrogen) atoms. The van der Waals surface area contributed by atoms with E-state index in [2.05, 4.69) is 12.2 Å². The minimum atomic E-state index is -0.780. The molecule has 4 nitrogen and oxygen atoms in total. The van der Waals surface area contributed by atoms with Crippen molar-refractivity contribution < 1.29 is 14.3 Å². The number of carbonyl (C=O) groups excluding carboxylic acids is 2.